The summed E-state index contributed by atoms with van der Waals surface area (Å²) in [7, 11) is 0. The molecule has 2 aliphatic heterocycles. The highest BCUT2D eigenvalue weighted by Gasteiger charge is 2.55. The third-order valence-electron chi connectivity index (χ3n) is 6.32. The molecule has 1 fully saturated rings. The molecule has 1 saturated heterocycles. The number of halogens is 1. The van der Waals surface area contributed by atoms with Crippen molar-refractivity contribution < 1.29 is 38.8 Å². The number of pyridine rings is 1. The molecule has 3 aromatic heterocycles. The Morgan fingerprint density at radius 2 is 1.98 bits per heavy atom. The number of aromatic nitrogens is 4. The Hall–Kier alpha value is -4.75. The van der Waals surface area contributed by atoms with E-state index in [-0.39, 0.29) is 33.2 Å². The van der Waals surface area contributed by atoms with Crippen molar-refractivity contribution in [1.82, 2.24) is 25.2 Å². The van der Waals surface area contributed by atoms with Gasteiger partial charge in [-0.2, -0.15) is 4.57 Å². The van der Waals surface area contributed by atoms with Crippen LogP contribution >= 0.6 is 34.7 Å². The number of anilines is 1. The van der Waals surface area contributed by atoms with Crippen LogP contribution in [0.3, 0.4) is 0 Å². The van der Waals surface area contributed by atoms with Crippen LogP contribution in [-0.2, 0) is 30.6 Å². The van der Waals surface area contributed by atoms with Crippen LogP contribution in [0.5, 0.6) is 0 Å². The molecule has 0 saturated carbocycles. The smallest absolute Gasteiger partial charge is 0.352 e. The lowest BCUT2D eigenvalue weighted by Gasteiger charge is -2.49. The molecule has 224 valence electrons. The summed E-state index contributed by atoms with van der Waals surface area (Å²) in [6.45, 7) is 1.22. The lowest BCUT2D eigenvalue weighted by molar-refractivity contribution is -0.687. The summed E-state index contributed by atoms with van der Waals surface area (Å²) in [5.74, 6) is -4.24. The van der Waals surface area contributed by atoms with Crippen molar-refractivity contribution in [2.45, 2.75) is 31.0 Å². The zero-order valence-corrected chi connectivity index (χ0v) is 24.1. The Kier molecular flexibility index (Phi) is 7.95. The third-order valence-corrected chi connectivity index (χ3v) is 8.74. The van der Waals surface area contributed by atoms with Crippen molar-refractivity contribution in [3.8, 4) is 0 Å². The first-order valence-electron chi connectivity index (χ1n) is 12.1. The maximum absolute atomic E-state index is 13.2. The molecule has 43 heavy (non-hydrogen) atoms. The van der Waals surface area contributed by atoms with E-state index in [2.05, 4.69) is 25.4 Å². The van der Waals surface area contributed by atoms with Crippen LogP contribution < -0.4 is 26.7 Å². The van der Waals surface area contributed by atoms with Gasteiger partial charge in [-0.25, -0.2) is 14.6 Å². The molecule has 2 unspecified atom stereocenters. The van der Waals surface area contributed by atoms with Crippen LogP contribution in [0.25, 0.3) is 11.0 Å². The van der Waals surface area contributed by atoms with Gasteiger partial charge in [0.2, 0.25) is 6.10 Å². The van der Waals surface area contributed by atoms with E-state index < -0.39 is 58.1 Å². The number of amides is 2. The molecule has 0 radical (unpaired) electrons. The Bertz CT molecular complexity index is 1880. The maximum atomic E-state index is 13.2. The number of fused-ring (bicyclic) bond motifs is 2. The SMILES string of the molecule is C[C@H](O/N=C(\C(=O)NC1C(=O)N2C(C(=O)O)=C(C[n+]3ccc4[nH]c(=O)c(=O)[nH]c4c3)CSC12)c1nc(N)sc1Cl)C(=O)O. The lowest BCUT2D eigenvalue weighted by atomic mass is 10.0. The predicted molar refractivity (Wildman–Crippen MR) is 151 cm³/mol. The Balaban J connectivity index is 1.38. The largest absolute Gasteiger partial charge is 0.478 e. The van der Waals surface area contributed by atoms with E-state index in [0.717, 1.165) is 16.2 Å². The second-order valence-corrected chi connectivity index (χ2v) is 11.9. The van der Waals surface area contributed by atoms with Crippen molar-refractivity contribution in [1.29, 1.82) is 0 Å². The summed E-state index contributed by atoms with van der Waals surface area (Å²) < 4.78 is 1.55. The second-order valence-electron chi connectivity index (χ2n) is 9.17. The van der Waals surface area contributed by atoms with Crippen LogP contribution in [-0.4, -0.2) is 82.8 Å². The number of nitrogens with one attached hydrogen (secondary N) is 3. The number of aromatic amines is 2. The highest BCUT2D eigenvalue weighted by atomic mass is 35.5. The number of carbonyl (C=O) groups excluding carboxylic acids is 2. The molecule has 2 aliphatic rings. The minimum atomic E-state index is -1.43. The van der Waals surface area contributed by atoms with Gasteiger partial charge in [-0.15, -0.1) is 11.8 Å². The fraction of sp³-hybridized carbons (Fsp3) is 0.261. The molecule has 0 aromatic carbocycles. The monoisotopic (exact) mass is 651 g/mol. The number of hydrogen-bond donors (Lipinski definition) is 6. The van der Waals surface area contributed by atoms with Gasteiger partial charge >= 0.3 is 23.1 Å². The van der Waals surface area contributed by atoms with Gasteiger partial charge in [-0.05, 0) is 6.92 Å². The predicted octanol–water partition coefficient (Wildman–Crippen LogP) is -1.17. The first kappa shape index (κ1) is 29.7. The third kappa shape index (κ3) is 5.68. The van der Waals surface area contributed by atoms with Crippen LogP contribution in [0, 0.1) is 0 Å². The Labute approximate surface area is 252 Å². The number of nitrogen functional groups attached to an aromatic ring is 1. The van der Waals surface area contributed by atoms with Crippen LogP contribution in [0.15, 0.2) is 44.5 Å². The number of hydrogen-bond acceptors (Lipinski definition) is 12. The highest BCUT2D eigenvalue weighted by Crippen LogP contribution is 2.40. The summed E-state index contributed by atoms with van der Waals surface area (Å²) in [5.41, 5.74) is 4.10. The molecule has 7 N–H and O–H groups in total. The summed E-state index contributed by atoms with van der Waals surface area (Å²) in [5, 5.41) is 24.4. The first-order valence-corrected chi connectivity index (χ1v) is 14.3. The molecule has 0 bridgehead atoms. The van der Waals surface area contributed by atoms with Gasteiger partial charge in [0.05, 0.1) is 5.52 Å². The van der Waals surface area contributed by atoms with Gasteiger partial charge in [0, 0.05) is 17.4 Å². The van der Waals surface area contributed by atoms with E-state index in [0.29, 0.717) is 16.6 Å². The van der Waals surface area contributed by atoms with E-state index in [4.69, 9.17) is 27.3 Å². The normalized spacial score (nSPS) is 19.1. The number of thioether (sulfide) groups is 1. The number of nitrogens with zero attached hydrogens (tertiary/aromatic N) is 4. The number of carbonyl (C=O) groups is 4. The van der Waals surface area contributed by atoms with Gasteiger partial charge in [-0.1, -0.05) is 28.1 Å². The number of carboxylic acid groups (broad SMARTS) is 2. The summed E-state index contributed by atoms with van der Waals surface area (Å²) in [4.78, 5) is 87.9. The summed E-state index contributed by atoms with van der Waals surface area (Å²) in [6.07, 6.45) is 1.66. The molecule has 3 atom stereocenters. The zero-order valence-electron chi connectivity index (χ0n) is 21.7. The standard InChI is InChI=1S/C23H19ClN8O9S2/c1-7(21(37)38)41-30-12(11-15(24)43-23(25)29-11)16(33)28-13-19(36)32-14(22(39)40)8(6-42-20(13)32)4-31-3-2-9-10(5-31)27-18(35)17(34)26-9/h2-3,5,7,13,20H,4,6H2,1H3,(H6,25,27,28,29,33,35,37,38,39,40)/p+1/b30-12-/t7-,13?,20?/m0/s1. The van der Waals surface area contributed by atoms with Crippen LogP contribution in [0.1, 0.15) is 12.6 Å². The zero-order chi connectivity index (χ0) is 31.2. The second kappa shape index (κ2) is 11.5. The quantitative estimate of drug-likeness (QED) is 0.0526. The van der Waals surface area contributed by atoms with Gasteiger partial charge in [0.25, 0.3) is 11.8 Å². The molecule has 5 rings (SSSR count). The molecule has 2 amide bonds. The van der Waals surface area contributed by atoms with E-state index >= 15 is 0 Å². The molecule has 20 heteroatoms. The maximum Gasteiger partial charge on any atom is 0.352 e. The number of aliphatic carboxylic acids is 2. The van der Waals surface area contributed by atoms with Gasteiger partial charge in [0.15, 0.2) is 29.8 Å². The fourth-order valence-electron chi connectivity index (χ4n) is 4.27. The molecule has 17 nitrogen and oxygen atoms in total. The molecule has 5 heterocycles. The molecular formula is C23H20ClN8O9S2+. The minimum absolute atomic E-state index is 0.00629. The lowest BCUT2D eigenvalue weighted by Crippen LogP contribution is -2.71. The number of nitrogens with two attached hydrogens (primary N) is 1. The van der Waals surface area contributed by atoms with E-state index in [1.54, 1.807) is 10.8 Å². The van der Waals surface area contributed by atoms with E-state index in [9.17, 15) is 33.9 Å². The van der Waals surface area contributed by atoms with Crippen LogP contribution in [0.4, 0.5) is 5.13 Å². The van der Waals surface area contributed by atoms with Crippen molar-refractivity contribution in [3.05, 3.63) is 60.5 Å². The Morgan fingerprint density at radius 1 is 1.28 bits per heavy atom. The van der Waals surface area contributed by atoms with Crippen LogP contribution in [0.2, 0.25) is 4.34 Å². The van der Waals surface area contributed by atoms with Crippen molar-refractivity contribution in [2.75, 3.05) is 11.5 Å². The van der Waals surface area contributed by atoms with Gasteiger partial charge in [0.1, 0.15) is 32.7 Å². The summed E-state index contributed by atoms with van der Waals surface area (Å²) >= 11 is 8.16. The molecule has 0 spiro atoms. The molecular weight excluding hydrogens is 632 g/mol. The minimum Gasteiger partial charge on any atom is -0.478 e. The summed E-state index contributed by atoms with van der Waals surface area (Å²) in [6, 6.07) is 0.371. The number of oxime groups is 1. The van der Waals surface area contributed by atoms with Crippen molar-refractivity contribution in [2.24, 2.45) is 5.16 Å². The Morgan fingerprint density at radius 3 is 2.60 bits per heavy atom. The highest BCUT2D eigenvalue weighted by molar-refractivity contribution is 8.00. The first-order chi connectivity index (χ1) is 20.3. The topological polar surface area (TPSA) is 254 Å². The molecule has 0 aliphatic carbocycles. The number of rotatable bonds is 9. The number of H-pyrrole nitrogens is 2. The average Bonchev–Trinajstić information content (AvgIpc) is 3.28. The number of β-lactam (4-membered cyclic amide) rings is 1. The van der Waals surface area contributed by atoms with E-state index in [1.807, 2.05) is 0 Å². The number of thiazole rings is 1. The average molecular weight is 652 g/mol. The van der Waals surface area contributed by atoms with Crippen molar-refractivity contribution in [3.63, 3.8) is 0 Å². The van der Waals surface area contributed by atoms with E-state index in [1.165, 1.54) is 30.9 Å². The van der Waals surface area contributed by atoms with Gasteiger partial charge in [-0.3, -0.25) is 24.1 Å². The van der Waals surface area contributed by atoms with Gasteiger partial charge < -0.3 is 36.1 Å². The fourth-order valence-corrected chi connectivity index (χ4v) is 6.53. The van der Waals surface area contributed by atoms with Crippen molar-refractivity contribution >= 4 is 80.3 Å². The molecule has 3 aromatic rings. The number of carboxylic acids is 2.